The fourth-order valence-corrected chi connectivity index (χ4v) is 4.67. The van der Waals surface area contributed by atoms with Crippen LogP contribution in [-0.4, -0.2) is 40.6 Å². The molecule has 8 heteroatoms. The number of nitrogens with two attached hydrogens (primary N) is 1. The quantitative estimate of drug-likeness (QED) is 0.670. The molecule has 8 nitrogen and oxygen atoms in total. The average Bonchev–Trinajstić information content (AvgIpc) is 3.21. The topological polar surface area (TPSA) is 102 Å². The Balaban J connectivity index is 1.51. The van der Waals surface area contributed by atoms with Gasteiger partial charge in [0, 0.05) is 36.4 Å². The summed E-state index contributed by atoms with van der Waals surface area (Å²) in [5, 5.41) is 4.44. The second-order valence-corrected chi connectivity index (χ2v) is 8.46. The number of para-hydroxylation sites is 1. The zero-order valence-electron chi connectivity index (χ0n) is 18.5. The lowest BCUT2D eigenvalue weighted by atomic mass is 10.0. The van der Waals surface area contributed by atoms with Crippen LogP contribution in [0.2, 0.25) is 0 Å². The number of benzene rings is 2. The molecule has 0 bridgehead atoms. The third kappa shape index (κ3) is 3.57. The Hall–Kier alpha value is -3.94. The maximum Gasteiger partial charge on any atom is 0.277 e. The summed E-state index contributed by atoms with van der Waals surface area (Å²) in [5.74, 6) is -0.745. The van der Waals surface area contributed by atoms with Gasteiger partial charge in [0.2, 0.25) is 5.91 Å². The smallest absolute Gasteiger partial charge is 0.277 e. The molecule has 3 heterocycles. The van der Waals surface area contributed by atoms with Gasteiger partial charge in [0.05, 0.1) is 5.69 Å². The molecule has 33 heavy (non-hydrogen) atoms. The van der Waals surface area contributed by atoms with Gasteiger partial charge in [0.1, 0.15) is 5.69 Å². The molecular formula is C25H25N5O3. The van der Waals surface area contributed by atoms with Crippen LogP contribution < -0.4 is 15.5 Å². The molecule has 3 aromatic rings. The molecule has 1 aromatic heterocycles. The first-order valence-electron chi connectivity index (χ1n) is 11.2. The number of nitrogens with zero attached hydrogens (tertiary/aromatic N) is 4. The Morgan fingerprint density at radius 3 is 2.27 bits per heavy atom. The largest absolute Gasteiger partial charge is 0.364 e. The maximum atomic E-state index is 13.6. The van der Waals surface area contributed by atoms with Crippen molar-refractivity contribution >= 4 is 29.1 Å². The number of amides is 3. The van der Waals surface area contributed by atoms with Crippen LogP contribution in [0.5, 0.6) is 0 Å². The van der Waals surface area contributed by atoms with Gasteiger partial charge in [-0.2, -0.15) is 5.10 Å². The number of hydrogen-bond acceptors (Lipinski definition) is 4. The van der Waals surface area contributed by atoms with E-state index in [-0.39, 0.29) is 17.5 Å². The summed E-state index contributed by atoms with van der Waals surface area (Å²) in [5.41, 5.74) is 9.91. The highest BCUT2D eigenvalue weighted by Gasteiger charge is 2.35. The van der Waals surface area contributed by atoms with Gasteiger partial charge in [-0.25, -0.2) is 4.68 Å². The molecule has 1 saturated heterocycles. The van der Waals surface area contributed by atoms with Gasteiger partial charge in [0.25, 0.3) is 11.8 Å². The summed E-state index contributed by atoms with van der Waals surface area (Å²) in [6, 6.07) is 15.1. The number of carbonyl (C=O) groups excluding carboxylic acids is 3. The first-order chi connectivity index (χ1) is 16.0. The van der Waals surface area contributed by atoms with Gasteiger partial charge in [-0.1, -0.05) is 18.2 Å². The highest BCUT2D eigenvalue weighted by Crippen LogP contribution is 2.31. The molecule has 1 fully saturated rings. The van der Waals surface area contributed by atoms with Gasteiger partial charge >= 0.3 is 0 Å². The van der Waals surface area contributed by atoms with Gasteiger partial charge in [-0.05, 0) is 62.1 Å². The molecule has 5 rings (SSSR count). The Morgan fingerprint density at radius 1 is 0.909 bits per heavy atom. The lowest BCUT2D eigenvalue weighted by Crippen LogP contribution is -2.39. The normalized spacial score (nSPS) is 16.2. The number of carbonyl (C=O) groups is 3. The molecule has 0 spiro atoms. The van der Waals surface area contributed by atoms with Crippen molar-refractivity contribution in [3.05, 3.63) is 71.0 Å². The zero-order valence-corrected chi connectivity index (χ0v) is 18.5. The van der Waals surface area contributed by atoms with E-state index in [1.54, 1.807) is 14.5 Å². The molecule has 0 radical (unpaired) electrons. The van der Waals surface area contributed by atoms with E-state index in [1.807, 2.05) is 55.5 Å². The standard InChI is InChI=1S/C25H25N5O3/c1-16-6-2-3-7-20(16)30-23-19(22(27-30)24(26)32)13-15-29(25(23)33)18-11-9-17(10-12-18)28-14-5-4-8-21(28)31/h2-3,6-7,9-12H,4-5,8,13-15H2,1H3,(H2,26,32). The van der Waals surface area contributed by atoms with Crippen LogP contribution >= 0.6 is 0 Å². The van der Waals surface area contributed by atoms with Crippen LogP contribution in [0.4, 0.5) is 11.4 Å². The third-order valence-electron chi connectivity index (χ3n) is 6.39. The Labute approximate surface area is 191 Å². The van der Waals surface area contributed by atoms with Crippen molar-refractivity contribution in [3.8, 4) is 5.69 Å². The molecule has 168 valence electrons. The van der Waals surface area contributed by atoms with E-state index in [4.69, 9.17) is 5.73 Å². The van der Waals surface area contributed by atoms with E-state index in [1.165, 1.54) is 0 Å². The summed E-state index contributed by atoms with van der Waals surface area (Å²) in [4.78, 5) is 41.4. The van der Waals surface area contributed by atoms with Crippen molar-refractivity contribution in [1.82, 2.24) is 9.78 Å². The molecule has 2 aliphatic heterocycles. The highest BCUT2D eigenvalue weighted by molar-refractivity contribution is 6.09. The van der Waals surface area contributed by atoms with Crippen molar-refractivity contribution in [2.45, 2.75) is 32.6 Å². The van der Waals surface area contributed by atoms with Crippen LogP contribution in [0.15, 0.2) is 48.5 Å². The Kier molecular flexibility index (Phi) is 5.20. The van der Waals surface area contributed by atoms with Gasteiger partial charge < -0.3 is 15.5 Å². The number of rotatable bonds is 4. The minimum atomic E-state index is -0.643. The highest BCUT2D eigenvalue weighted by atomic mass is 16.2. The van der Waals surface area contributed by atoms with Crippen LogP contribution in [0.1, 0.15) is 51.4 Å². The summed E-state index contributed by atoms with van der Waals surface area (Å²) < 4.78 is 1.54. The monoisotopic (exact) mass is 443 g/mol. The fraction of sp³-hybridized carbons (Fsp3) is 0.280. The third-order valence-corrected chi connectivity index (χ3v) is 6.39. The van der Waals surface area contributed by atoms with Crippen molar-refractivity contribution < 1.29 is 14.4 Å². The molecule has 0 aliphatic carbocycles. The van der Waals surface area contributed by atoms with E-state index >= 15 is 0 Å². The van der Waals surface area contributed by atoms with E-state index in [0.29, 0.717) is 30.6 Å². The van der Waals surface area contributed by atoms with Crippen molar-refractivity contribution in [2.24, 2.45) is 5.73 Å². The van der Waals surface area contributed by atoms with Crippen molar-refractivity contribution in [2.75, 3.05) is 22.9 Å². The molecule has 3 amide bonds. The number of anilines is 2. The number of primary amides is 1. The van der Waals surface area contributed by atoms with Crippen molar-refractivity contribution in [3.63, 3.8) is 0 Å². The molecule has 0 unspecified atom stereocenters. The first-order valence-corrected chi connectivity index (χ1v) is 11.2. The van der Waals surface area contributed by atoms with Crippen LogP contribution in [0.3, 0.4) is 0 Å². The van der Waals surface area contributed by atoms with Gasteiger partial charge in [-0.3, -0.25) is 14.4 Å². The van der Waals surface area contributed by atoms with Crippen molar-refractivity contribution in [1.29, 1.82) is 0 Å². The maximum absolute atomic E-state index is 13.6. The summed E-state index contributed by atoms with van der Waals surface area (Å²) in [6.45, 7) is 3.06. The van der Waals surface area contributed by atoms with Crippen LogP contribution in [0, 0.1) is 6.92 Å². The second kappa shape index (κ2) is 8.20. The Bertz CT molecular complexity index is 1260. The number of piperidine rings is 1. The minimum absolute atomic E-state index is 0.133. The summed E-state index contributed by atoms with van der Waals surface area (Å²) in [7, 11) is 0. The predicted octanol–water partition coefficient (Wildman–Crippen LogP) is 3.00. The van der Waals surface area contributed by atoms with E-state index < -0.39 is 5.91 Å². The van der Waals surface area contributed by atoms with Gasteiger partial charge in [-0.15, -0.1) is 0 Å². The van der Waals surface area contributed by atoms with E-state index in [0.717, 1.165) is 42.0 Å². The van der Waals surface area contributed by atoms with E-state index in [9.17, 15) is 14.4 Å². The lowest BCUT2D eigenvalue weighted by Gasteiger charge is -2.29. The Morgan fingerprint density at radius 2 is 1.61 bits per heavy atom. The fourth-order valence-electron chi connectivity index (χ4n) is 4.67. The number of hydrogen-bond donors (Lipinski definition) is 1. The number of aromatic nitrogens is 2. The summed E-state index contributed by atoms with van der Waals surface area (Å²) in [6.07, 6.45) is 2.96. The SMILES string of the molecule is Cc1ccccc1-n1nc(C(N)=O)c2c1C(=O)N(c1ccc(N3CCCCC3=O)cc1)CC2. The molecule has 2 aromatic carbocycles. The first kappa shape index (κ1) is 20.9. The van der Waals surface area contributed by atoms with Gasteiger partial charge in [0.15, 0.2) is 5.69 Å². The summed E-state index contributed by atoms with van der Waals surface area (Å²) >= 11 is 0. The average molecular weight is 444 g/mol. The molecule has 0 saturated carbocycles. The number of aryl methyl sites for hydroxylation is 1. The molecule has 0 atom stereocenters. The molecular weight excluding hydrogens is 418 g/mol. The molecule has 2 N–H and O–H groups in total. The van der Waals surface area contributed by atoms with Crippen LogP contribution in [0.25, 0.3) is 5.69 Å². The van der Waals surface area contributed by atoms with Crippen LogP contribution in [-0.2, 0) is 11.2 Å². The zero-order chi connectivity index (χ0) is 23.1. The van der Waals surface area contributed by atoms with E-state index in [2.05, 4.69) is 5.10 Å². The number of fused-ring (bicyclic) bond motifs is 1. The minimum Gasteiger partial charge on any atom is -0.364 e. The second-order valence-electron chi connectivity index (χ2n) is 8.46. The molecule has 2 aliphatic rings. The predicted molar refractivity (Wildman–Crippen MR) is 125 cm³/mol. The lowest BCUT2D eigenvalue weighted by molar-refractivity contribution is -0.119.